The van der Waals surface area contributed by atoms with Gasteiger partial charge >= 0.3 is 0 Å². The van der Waals surface area contributed by atoms with Crippen LogP contribution >= 0.6 is 27.7 Å². The lowest BCUT2D eigenvalue weighted by Gasteiger charge is -2.19. The first kappa shape index (κ1) is 16.6. The molecule has 0 spiro atoms. The lowest BCUT2D eigenvalue weighted by atomic mass is 9.87. The van der Waals surface area contributed by atoms with E-state index in [9.17, 15) is 5.11 Å². The molecule has 1 N–H and O–H groups in total. The van der Waals surface area contributed by atoms with Crippen LogP contribution in [-0.2, 0) is 5.41 Å². The SMILES string of the molecule is C[C@@H](O)c1ccc(Sc2ccc(C(C)(C)C)cc2)cc1Br. The second-order valence-electron chi connectivity index (χ2n) is 6.24. The summed E-state index contributed by atoms with van der Waals surface area (Å²) in [5.74, 6) is 0. The number of aliphatic hydroxyl groups is 1. The molecule has 112 valence electrons. The van der Waals surface area contributed by atoms with Gasteiger partial charge in [-0.2, -0.15) is 0 Å². The second kappa shape index (κ2) is 6.55. The smallest absolute Gasteiger partial charge is 0.0772 e. The van der Waals surface area contributed by atoms with Crippen molar-refractivity contribution < 1.29 is 5.11 Å². The molecule has 3 heteroatoms. The molecule has 0 aromatic heterocycles. The molecule has 2 rings (SSSR count). The van der Waals surface area contributed by atoms with E-state index in [2.05, 4.69) is 73.1 Å². The molecule has 0 heterocycles. The van der Waals surface area contributed by atoms with E-state index in [0.717, 1.165) is 14.9 Å². The van der Waals surface area contributed by atoms with Crippen molar-refractivity contribution in [1.29, 1.82) is 0 Å². The Morgan fingerprint density at radius 3 is 2.05 bits per heavy atom. The fraction of sp³-hybridized carbons (Fsp3) is 0.333. The molecule has 0 aliphatic carbocycles. The van der Waals surface area contributed by atoms with E-state index >= 15 is 0 Å². The van der Waals surface area contributed by atoms with Crippen LogP contribution in [0.3, 0.4) is 0 Å². The number of hydrogen-bond donors (Lipinski definition) is 1. The van der Waals surface area contributed by atoms with Crippen molar-refractivity contribution in [3.05, 3.63) is 58.1 Å². The van der Waals surface area contributed by atoms with E-state index in [-0.39, 0.29) is 5.41 Å². The summed E-state index contributed by atoms with van der Waals surface area (Å²) in [7, 11) is 0. The Labute approximate surface area is 139 Å². The summed E-state index contributed by atoms with van der Waals surface area (Å²) in [6.07, 6.45) is -0.454. The lowest BCUT2D eigenvalue weighted by molar-refractivity contribution is 0.198. The zero-order chi connectivity index (χ0) is 15.6. The second-order valence-corrected chi connectivity index (χ2v) is 8.24. The maximum atomic E-state index is 9.66. The van der Waals surface area contributed by atoms with Crippen molar-refractivity contribution in [1.82, 2.24) is 0 Å². The summed E-state index contributed by atoms with van der Waals surface area (Å²) in [4.78, 5) is 2.38. The van der Waals surface area contributed by atoms with Crippen molar-refractivity contribution in [3.63, 3.8) is 0 Å². The normalized spacial score (nSPS) is 13.2. The van der Waals surface area contributed by atoms with E-state index in [0.29, 0.717) is 0 Å². The largest absolute Gasteiger partial charge is 0.389 e. The molecule has 2 aromatic rings. The van der Waals surface area contributed by atoms with Crippen LogP contribution in [0, 0.1) is 0 Å². The molecule has 21 heavy (non-hydrogen) atoms. The van der Waals surface area contributed by atoms with Crippen LogP contribution in [0.4, 0.5) is 0 Å². The Hall–Kier alpha value is -0.770. The Bertz CT molecular complexity index is 612. The summed E-state index contributed by atoms with van der Waals surface area (Å²) >= 11 is 5.26. The third-order valence-electron chi connectivity index (χ3n) is 3.38. The molecule has 0 saturated heterocycles. The fourth-order valence-corrected chi connectivity index (χ4v) is 3.79. The standard InChI is InChI=1S/C18H21BrOS/c1-12(20)16-10-9-15(11-17(16)19)21-14-7-5-13(6-8-14)18(2,3)4/h5-12,20H,1-4H3/t12-/m1/s1. The zero-order valence-corrected chi connectivity index (χ0v) is 15.3. The number of benzene rings is 2. The first-order valence-corrected chi connectivity index (χ1v) is 8.64. The van der Waals surface area contributed by atoms with Crippen molar-refractivity contribution in [2.24, 2.45) is 0 Å². The molecular weight excluding hydrogens is 344 g/mol. The highest BCUT2D eigenvalue weighted by Gasteiger charge is 2.13. The van der Waals surface area contributed by atoms with Gasteiger partial charge in [0, 0.05) is 14.3 Å². The molecular formula is C18H21BrOS. The van der Waals surface area contributed by atoms with E-state index in [4.69, 9.17) is 0 Å². The van der Waals surface area contributed by atoms with Gasteiger partial charge in [0.15, 0.2) is 0 Å². The van der Waals surface area contributed by atoms with E-state index in [1.54, 1.807) is 18.7 Å². The van der Waals surface area contributed by atoms with Crippen LogP contribution in [0.5, 0.6) is 0 Å². The summed E-state index contributed by atoms with van der Waals surface area (Å²) in [6, 6.07) is 14.8. The van der Waals surface area contributed by atoms with Crippen molar-refractivity contribution in [3.8, 4) is 0 Å². The Balaban J connectivity index is 2.17. The Kier molecular flexibility index (Phi) is 5.18. The highest BCUT2D eigenvalue weighted by Crippen LogP contribution is 2.34. The van der Waals surface area contributed by atoms with Crippen molar-refractivity contribution in [2.75, 3.05) is 0 Å². The summed E-state index contributed by atoms with van der Waals surface area (Å²) < 4.78 is 0.953. The van der Waals surface area contributed by atoms with Gasteiger partial charge in [0.05, 0.1) is 6.10 Å². The van der Waals surface area contributed by atoms with Crippen LogP contribution in [0.25, 0.3) is 0 Å². The van der Waals surface area contributed by atoms with Gasteiger partial charge in [0.2, 0.25) is 0 Å². The number of hydrogen-bond acceptors (Lipinski definition) is 2. The van der Waals surface area contributed by atoms with Crippen LogP contribution in [0.15, 0.2) is 56.7 Å². The van der Waals surface area contributed by atoms with Gasteiger partial charge in [-0.3, -0.25) is 0 Å². The molecule has 1 atom stereocenters. The van der Waals surface area contributed by atoms with Gasteiger partial charge in [0.1, 0.15) is 0 Å². The summed E-state index contributed by atoms with van der Waals surface area (Å²) in [5.41, 5.74) is 2.45. The van der Waals surface area contributed by atoms with E-state index in [1.165, 1.54) is 10.5 Å². The molecule has 1 nitrogen and oxygen atoms in total. The third kappa shape index (κ3) is 4.35. The van der Waals surface area contributed by atoms with Crippen molar-refractivity contribution in [2.45, 2.75) is 49.0 Å². The maximum Gasteiger partial charge on any atom is 0.0772 e. The predicted octanol–water partition coefficient (Wildman–Crippen LogP) is 5.95. The molecule has 0 bridgehead atoms. The minimum atomic E-state index is -0.454. The fourth-order valence-electron chi connectivity index (χ4n) is 2.07. The average Bonchev–Trinajstić information content (AvgIpc) is 2.38. The van der Waals surface area contributed by atoms with Crippen LogP contribution < -0.4 is 0 Å². The van der Waals surface area contributed by atoms with Crippen LogP contribution in [0.1, 0.15) is 44.9 Å². The molecule has 0 radical (unpaired) electrons. The Morgan fingerprint density at radius 2 is 1.57 bits per heavy atom. The van der Waals surface area contributed by atoms with Crippen LogP contribution in [-0.4, -0.2) is 5.11 Å². The van der Waals surface area contributed by atoms with E-state index < -0.39 is 6.10 Å². The first-order chi connectivity index (χ1) is 9.77. The molecule has 0 aliphatic rings. The number of aliphatic hydroxyl groups excluding tert-OH is 1. The van der Waals surface area contributed by atoms with Gasteiger partial charge in [0.25, 0.3) is 0 Å². The quantitative estimate of drug-likeness (QED) is 0.725. The predicted molar refractivity (Wildman–Crippen MR) is 94.0 cm³/mol. The highest BCUT2D eigenvalue weighted by molar-refractivity contribution is 9.10. The van der Waals surface area contributed by atoms with Gasteiger partial charge in [-0.05, 0) is 47.7 Å². The Morgan fingerprint density at radius 1 is 1.00 bits per heavy atom. The van der Waals surface area contributed by atoms with Gasteiger partial charge in [-0.25, -0.2) is 0 Å². The van der Waals surface area contributed by atoms with E-state index in [1.807, 2.05) is 6.07 Å². The van der Waals surface area contributed by atoms with Gasteiger partial charge in [-0.15, -0.1) is 0 Å². The summed E-state index contributed by atoms with van der Waals surface area (Å²) in [6.45, 7) is 8.45. The average molecular weight is 365 g/mol. The molecule has 0 amide bonds. The minimum absolute atomic E-state index is 0.186. The number of halogens is 1. The molecule has 0 unspecified atom stereocenters. The third-order valence-corrected chi connectivity index (χ3v) is 5.06. The van der Waals surface area contributed by atoms with Gasteiger partial charge < -0.3 is 5.11 Å². The first-order valence-electron chi connectivity index (χ1n) is 7.03. The van der Waals surface area contributed by atoms with Gasteiger partial charge in [-0.1, -0.05) is 66.7 Å². The molecule has 0 aliphatic heterocycles. The number of rotatable bonds is 3. The topological polar surface area (TPSA) is 20.2 Å². The monoisotopic (exact) mass is 364 g/mol. The molecule has 2 aromatic carbocycles. The van der Waals surface area contributed by atoms with Crippen molar-refractivity contribution >= 4 is 27.7 Å². The maximum absolute atomic E-state index is 9.66. The zero-order valence-electron chi connectivity index (χ0n) is 12.9. The summed E-state index contributed by atoms with van der Waals surface area (Å²) in [5, 5.41) is 9.66. The van der Waals surface area contributed by atoms with Crippen LogP contribution in [0.2, 0.25) is 0 Å². The minimum Gasteiger partial charge on any atom is -0.389 e. The molecule has 0 saturated carbocycles. The highest BCUT2D eigenvalue weighted by atomic mass is 79.9. The lowest BCUT2D eigenvalue weighted by Crippen LogP contribution is -2.10. The molecule has 0 fully saturated rings.